The SMILES string of the molecule is CCCN(CC)CC(CC)(CC)C(C)NC(=O)c1noc(CC)c1C. The minimum Gasteiger partial charge on any atom is -0.360 e. The van der Waals surface area contributed by atoms with E-state index < -0.39 is 0 Å². The van der Waals surface area contributed by atoms with Crippen LogP contribution in [-0.4, -0.2) is 41.6 Å². The molecule has 0 radical (unpaired) electrons. The molecule has 0 saturated carbocycles. The lowest BCUT2D eigenvalue weighted by Gasteiger charge is -2.41. The van der Waals surface area contributed by atoms with Gasteiger partial charge in [0.05, 0.1) is 0 Å². The van der Waals surface area contributed by atoms with E-state index >= 15 is 0 Å². The maximum atomic E-state index is 12.7. The molecule has 0 fully saturated rings. The van der Waals surface area contributed by atoms with Gasteiger partial charge in [-0.05, 0) is 46.2 Å². The number of carbonyl (C=O) groups excluding carboxylic acids is 1. The van der Waals surface area contributed by atoms with Crippen molar-refractivity contribution < 1.29 is 9.32 Å². The molecule has 0 aromatic carbocycles. The summed E-state index contributed by atoms with van der Waals surface area (Å²) in [6.07, 6.45) is 3.96. The van der Waals surface area contributed by atoms with Crippen LogP contribution in [0, 0.1) is 12.3 Å². The zero-order valence-corrected chi connectivity index (χ0v) is 17.2. The maximum Gasteiger partial charge on any atom is 0.273 e. The van der Waals surface area contributed by atoms with Crippen molar-refractivity contribution in [3.8, 4) is 0 Å². The topological polar surface area (TPSA) is 58.4 Å². The largest absolute Gasteiger partial charge is 0.360 e. The first-order valence-electron chi connectivity index (χ1n) is 9.87. The van der Waals surface area contributed by atoms with E-state index in [1.165, 1.54) is 0 Å². The minimum atomic E-state index is -0.127. The fourth-order valence-electron chi connectivity index (χ4n) is 3.66. The Bertz CT molecular complexity index is 535. The van der Waals surface area contributed by atoms with Gasteiger partial charge in [0.15, 0.2) is 5.69 Å². The molecule has 144 valence electrons. The molecule has 5 heteroatoms. The fourth-order valence-corrected chi connectivity index (χ4v) is 3.66. The average molecular weight is 352 g/mol. The lowest BCUT2D eigenvalue weighted by atomic mass is 9.75. The quantitative estimate of drug-likeness (QED) is 0.649. The van der Waals surface area contributed by atoms with Gasteiger partial charge in [-0.25, -0.2) is 0 Å². The van der Waals surface area contributed by atoms with Crippen LogP contribution in [-0.2, 0) is 6.42 Å². The van der Waals surface area contributed by atoms with Gasteiger partial charge in [0.1, 0.15) is 5.76 Å². The van der Waals surface area contributed by atoms with Crippen molar-refractivity contribution in [1.29, 1.82) is 0 Å². The molecule has 0 aliphatic heterocycles. The number of hydrogen-bond donors (Lipinski definition) is 1. The van der Waals surface area contributed by atoms with Gasteiger partial charge >= 0.3 is 0 Å². The number of amides is 1. The summed E-state index contributed by atoms with van der Waals surface area (Å²) in [6, 6.07) is 0.0714. The molecule has 0 bridgehead atoms. The number of rotatable bonds is 11. The molecule has 1 heterocycles. The Hall–Kier alpha value is -1.36. The van der Waals surface area contributed by atoms with E-state index in [2.05, 4.69) is 50.0 Å². The third kappa shape index (κ3) is 5.06. The highest BCUT2D eigenvalue weighted by Crippen LogP contribution is 2.32. The first-order valence-corrected chi connectivity index (χ1v) is 9.87. The van der Waals surface area contributed by atoms with E-state index in [1.54, 1.807) is 0 Å². The van der Waals surface area contributed by atoms with Crippen LogP contribution in [0.3, 0.4) is 0 Å². The average Bonchev–Trinajstić information content (AvgIpc) is 2.99. The van der Waals surface area contributed by atoms with Crippen LogP contribution >= 0.6 is 0 Å². The van der Waals surface area contributed by atoms with Crippen molar-refractivity contribution in [2.45, 2.75) is 80.2 Å². The third-order valence-electron chi connectivity index (χ3n) is 5.76. The van der Waals surface area contributed by atoms with Gasteiger partial charge in [-0.1, -0.05) is 39.8 Å². The Morgan fingerprint density at radius 2 is 1.88 bits per heavy atom. The molecule has 25 heavy (non-hydrogen) atoms. The summed E-state index contributed by atoms with van der Waals surface area (Å²) in [5.41, 5.74) is 1.34. The van der Waals surface area contributed by atoms with Crippen LogP contribution in [0.4, 0.5) is 0 Å². The van der Waals surface area contributed by atoms with Gasteiger partial charge in [-0.2, -0.15) is 0 Å². The zero-order valence-electron chi connectivity index (χ0n) is 17.2. The lowest BCUT2D eigenvalue weighted by Crippen LogP contribution is -2.51. The third-order valence-corrected chi connectivity index (χ3v) is 5.76. The molecule has 5 nitrogen and oxygen atoms in total. The van der Waals surface area contributed by atoms with Gasteiger partial charge in [0.2, 0.25) is 0 Å². The molecule has 1 amide bonds. The standard InChI is InChI=1S/C20H37N3O2/c1-8-13-23(12-5)14-20(10-3,11-4)16(7)21-19(24)18-15(6)17(9-2)25-22-18/h16H,8-14H2,1-7H3,(H,21,24). The van der Waals surface area contributed by atoms with Crippen molar-refractivity contribution >= 4 is 5.91 Å². The van der Waals surface area contributed by atoms with Gasteiger partial charge in [-0.15, -0.1) is 0 Å². The molecule has 0 aliphatic rings. The molecule has 1 N–H and O–H groups in total. The van der Waals surface area contributed by atoms with Gasteiger partial charge in [-0.3, -0.25) is 4.79 Å². The molecule has 1 aromatic heterocycles. The summed E-state index contributed by atoms with van der Waals surface area (Å²) in [7, 11) is 0. The van der Waals surface area contributed by atoms with E-state index in [1.807, 2.05) is 13.8 Å². The Morgan fingerprint density at radius 1 is 1.24 bits per heavy atom. The highest BCUT2D eigenvalue weighted by molar-refractivity contribution is 5.93. The van der Waals surface area contributed by atoms with Crippen LogP contribution < -0.4 is 5.32 Å². The van der Waals surface area contributed by atoms with E-state index in [-0.39, 0.29) is 17.4 Å². The number of nitrogens with one attached hydrogen (secondary N) is 1. The first kappa shape index (κ1) is 21.7. The molecule has 1 aromatic rings. The second kappa shape index (κ2) is 9.95. The monoisotopic (exact) mass is 351 g/mol. The molecule has 1 rings (SSSR count). The smallest absolute Gasteiger partial charge is 0.273 e. The van der Waals surface area contributed by atoms with Crippen LogP contribution in [0.5, 0.6) is 0 Å². The second-order valence-corrected chi connectivity index (χ2v) is 7.07. The Kier molecular flexibility index (Phi) is 8.63. The number of aromatic nitrogens is 1. The summed E-state index contributed by atoms with van der Waals surface area (Å²) in [5.74, 6) is 0.661. The van der Waals surface area contributed by atoms with Crippen LogP contribution in [0.1, 0.15) is 82.6 Å². The molecular weight excluding hydrogens is 314 g/mol. The normalized spacial score (nSPS) is 13.3. The molecule has 0 saturated heterocycles. The van der Waals surface area contributed by atoms with Crippen molar-refractivity contribution in [2.75, 3.05) is 19.6 Å². The number of hydrogen-bond acceptors (Lipinski definition) is 4. The first-order chi connectivity index (χ1) is 11.9. The van der Waals surface area contributed by atoms with Crippen molar-refractivity contribution in [2.24, 2.45) is 5.41 Å². The molecule has 0 spiro atoms. The van der Waals surface area contributed by atoms with Crippen LogP contribution in [0.2, 0.25) is 0 Å². The number of aryl methyl sites for hydroxylation is 1. The molecule has 1 unspecified atom stereocenters. The Labute approximate surface area is 153 Å². The van der Waals surface area contributed by atoms with Crippen molar-refractivity contribution in [3.05, 3.63) is 17.0 Å². The Balaban J connectivity index is 2.92. The number of nitrogens with zero attached hydrogens (tertiary/aromatic N) is 2. The van der Waals surface area contributed by atoms with Gasteiger partial charge < -0.3 is 14.7 Å². The molecule has 1 atom stereocenters. The predicted octanol–water partition coefficient (Wildman–Crippen LogP) is 4.20. The van der Waals surface area contributed by atoms with Gasteiger partial charge in [0, 0.05) is 30.0 Å². The van der Waals surface area contributed by atoms with Crippen LogP contribution in [0.25, 0.3) is 0 Å². The highest BCUT2D eigenvalue weighted by Gasteiger charge is 2.36. The predicted molar refractivity (Wildman–Crippen MR) is 103 cm³/mol. The fraction of sp³-hybridized carbons (Fsp3) is 0.800. The minimum absolute atomic E-state index is 0.0616. The summed E-state index contributed by atoms with van der Waals surface area (Å²) < 4.78 is 5.28. The summed E-state index contributed by atoms with van der Waals surface area (Å²) in [5, 5.41) is 7.18. The second-order valence-electron chi connectivity index (χ2n) is 7.07. The summed E-state index contributed by atoms with van der Waals surface area (Å²) in [4.78, 5) is 15.2. The van der Waals surface area contributed by atoms with Gasteiger partial charge in [0.25, 0.3) is 5.91 Å². The summed E-state index contributed by atoms with van der Waals surface area (Å²) in [6.45, 7) is 18.0. The number of carbonyl (C=O) groups is 1. The lowest BCUT2D eigenvalue weighted by molar-refractivity contribution is 0.0767. The maximum absolute atomic E-state index is 12.7. The highest BCUT2D eigenvalue weighted by atomic mass is 16.5. The zero-order chi connectivity index (χ0) is 19.0. The van der Waals surface area contributed by atoms with Crippen molar-refractivity contribution in [3.63, 3.8) is 0 Å². The van der Waals surface area contributed by atoms with E-state index in [0.29, 0.717) is 5.69 Å². The molecular formula is C20H37N3O2. The van der Waals surface area contributed by atoms with Crippen molar-refractivity contribution in [1.82, 2.24) is 15.4 Å². The van der Waals surface area contributed by atoms with E-state index in [0.717, 1.165) is 56.6 Å². The summed E-state index contributed by atoms with van der Waals surface area (Å²) >= 11 is 0. The van der Waals surface area contributed by atoms with E-state index in [4.69, 9.17) is 4.52 Å². The van der Waals surface area contributed by atoms with E-state index in [9.17, 15) is 4.79 Å². The molecule has 0 aliphatic carbocycles. The van der Waals surface area contributed by atoms with Crippen LogP contribution in [0.15, 0.2) is 4.52 Å². The Morgan fingerprint density at radius 3 is 2.32 bits per heavy atom.